The molecule has 2 aromatic rings. The number of anilines is 1. The fourth-order valence-electron chi connectivity index (χ4n) is 2.12. The molecule has 0 amide bonds. The van der Waals surface area contributed by atoms with E-state index in [4.69, 9.17) is 19.3 Å². The second-order valence-corrected chi connectivity index (χ2v) is 8.58. The van der Waals surface area contributed by atoms with Gasteiger partial charge < -0.3 is 14.2 Å². The van der Waals surface area contributed by atoms with Crippen LogP contribution >= 0.6 is 0 Å². The summed E-state index contributed by atoms with van der Waals surface area (Å²) in [6.07, 6.45) is 0. The number of sulfonamides is 2. The summed E-state index contributed by atoms with van der Waals surface area (Å²) in [5, 5.41) is 5.05. The van der Waals surface area contributed by atoms with Gasteiger partial charge in [-0.15, -0.1) is 0 Å². The number of benzene rings is 2. The molecule has 0 saturated carbocycles. The van der Waals surface area contributed by atoms with E-state index in [0.717, 1.165) is 6.07 Å². The van der Waals surface area contributed by atoms with Crippen molar-refractivity contribution in [2.75, 3.05) is 32.2 Å². The molecule has 0 unspecified atom stereocenters. The zero-order chi connectivity index (χ0) is 20.1. The highest BCUT2D eigenvalue weighted by Gasteiger charge is 2.18. The van der Waals surface area contributed by atoms with Crippen molar-refractivity contribution < 1.29 is 31.0 Å². The number of rotatable bonds is 9. The van der Waals surface area contributed by atoms with E-state index in [1.54, 1.807) is 6.07 Å². The largest absolute Gasteiger partial charge is 0.493 e. The predicted molar refractivity (Wildman–Crippen MR) is 99.0 cm³/mol. The molecule has 0 saturated heterocycles. The zero-order valence-corrected chi connectivity index (χ0v) is 16.3. The van der Waals surface area contributed by atoms with Crippen LogP contribution in [0.4, 0.5) is 5.69 Å². The maximum absolute atomic E-state index is 12.6. The normalized spacial score (nSPS) is 11.8. The van der Waals surface area contributed by atoms with Crippen LogP contribution < -0.4 is 19.3 Å². The average Bonchev–Trinajstić information content (AvgIpc) is 2.61. The molecular formula is C16H20N2O7S2. The summed E-state index contributed by atoms with van der Waals surface area (Å²) in [4.78, 5) is -0.546. The average molecular weight is 416 g/mol. The van der Waals surface area contributed by atoms with Gasteiger partial charge in [0.25, 0.3) is 10.0 Å². The third kappa shape index (κ3) is 5.57. The first-order chi connectivity index (χ1) is 12.7. The molecule has 148 valence electrons. The van der Waals surface area contributed by atoms with Crippen LogP contribution in [0.25, 0.3) is 0 Å². The highest BCUT2D eigenvalue weighted by atomic mass is 32.2. The van der Waals surface area contributed by atoms with Crippen LogP contribution in [0, 0.1) is 0 Å². The molecule has 0 aliphatic heterocycles. The SMILES string of the molecule is COCCOc1cc(NS(=O)(=O)c2cccc(S(N)(=O)=O)c2)ccc1OC. The lowest BCUT2D eigenvalue weighted by molar-refractivity contribution is 0.144. The Hall–Kier alpha value is -2.34. The van der Waals surface area contributed by atoms with Gasteiger partial charge in [0.05, 0.1) is 29.2 Å². The van der Waals surface area contributed by atoms with Crippen molar-refractivity contribution in [2.45, 2.75) is 9.79 Å². The Kier molecular flexibility index (Phi) is 6.65. The first kappa shape index (κ1) is 21.0. The maximum atomic E-state index is 12.6. The van der Waals surface area contributed by atoms with Gasteiger partial charge in [0.15, 0.2) is 11.5 Å². The van der Waals surface area contributed by atoms with Gasteiger partial charge in [-0.05, 0) is 30.3 Å². The Morgan fingerprint density at radius 1 is 0.926 bits per heavy atom. The van der Waals surface area contributed by atoms with Crippen molar-refractivity contribution in [1.82, 2.24) is 0 Å². The smallest absolute Gasteiger partial charge is 0.261 e. The van der Waals surface area contributed by atoms with Crippen LogP contribution in [0.1, 0.15) is 0 Å². The van der Waals surface area contributed by atoms with E-state index in [1.165, 1.54) is 44.6 Å². The first-order valence-electron chi connectivity index (χ1n) is 7.63. The number of nitrogens with one attached hydrogen (secondary N) is 1. The number of nitrogens with two attached hydrogens (primary N) is 1. The summed E-state index contributed by atoms with van der Waals surface area (Å²) in [6.45, 7) is 0.596. The minimum atomic E-state index is -4.05. The van der Waals surface area contributed by atoms with Gasteiger partial charge in [-0.1, -0.05) is 6.07 Å². The lowest BCUT2D eigenvalue weighted by atomic mass is 10.3. The molecule has 27 heavy (non-hydrogen) atoms. The molecule has 0 heterocycles. The molecule has 0 fully saturated rings. The monoisotopic (exact) mass is 416 g/mol. The molecule has 0 aromatic heterocycles. The third-order valence-electron chi connectivity index (χ3n) is 3.41. The van der Waals surface area contributed by atoms with Crippen molar-refractivity contribution >= 4 is 25.7 Å². The summed E-state index contributed by atoms with van der Waals surface area (Å²) in [7, 11) is -5.09. The lowest BCUT2D eigenvalue weighted by Crippen LogP contribution is -2.16. The number of primary sulfonamides is 1. The number of methoxy groups -OCH3 is 2. The van der Waals surface area contributed by atoms with Crippen LogP contribution in [0.2, 0.25) is 0 Å². The highest BCUT2D eigenvalue weighted by molar-refractivity contribution is 7.93. The quantitative estimate of drug-likeness (QED) is 0.586. The molecule has 2 aromatic carbocycles. The van der Waals surface area contributed by atoms with E-state index in [1.807, 2.05) is 0 Å². The molecule has 0 radical (unpaired) electrons. The Labute approximate surface area is 158 Å². The van der Waals surface area contributed by atoms with Gasteiger partial charge in [0, 0.05) is 13.2 Å². The summed E-state index contributed by atoms with van der Waals surface area (Å²) in [5.41, 5.74) is 0.212. The molecule has 0 bridgehead atoms. The van der Waals surface area contributed by atoms with Crippen molar-refractivity contribution in [3.05, 3.63) is 42.5 Å². The molecule has 9 nitrogen and oxygen atoms in total. The van der Waals surface area contributed by atoms with Gasteiger partial charge in [-0.3, -0.25) is 4.72 Å². The molecular weight excluding hydrogens is 396 g/mol. The minimum absolute atomic E-state index is 0.212. The predicted octanol–water partition coefficient (Wildman–Crippen LogP) is 1.17. The Bertz CT molecular complexity index is 1010. The van der Waals surface area contributed by atoms with E-state index in [-0.39, 0.29) is 22.1 Å². The van der Waals surface area contributed by atoms with E-state index in [9.17, 15) is 16.8 Å². The molecule has 0 atom stereocenters. The van der Waals surface area contributed by atoms with E-state index in [0.29, 0.717) is 18.1 Å². The van der Waals surface area contributed by atoms with Crippen LogP contribution in [0.3, 0.4) is 0 Å². The topological polar surface area (TPSA) is 134 Å². The molecule has 0 spiro atoms. The van der Waals surface area contributed by atoms with Gasteiger partial charge in [-0.2, -0.15) is 0 Å². The highest BCUT2D eigenvalue weighted by Crippen LogP contribution is 2.31. The van der Waals surface area contributed by atoms with Crippen molar-refractivity contribution in [1.29, 1.82) is 0 Å². The lowest BCUT2D eigenvalue weighted by Gasteiger charge is -2.14. The summed E-state index contributed by atoms with van der Waals surface area (Å²) in [6, 6.07) is 9.23. The van der Waals surface area contributed by atoms with Crippen LogP contribution in [0.15, 0.2) is 52.3 Å². The second kappa shape index (κ2) is 8.57. The second-order valence-electron chi connectivity index (χ2n) is 5.33. The van der Waals surface area contributed by atoms with Crippen molar-refractivity contribution in [3.63, 3.8) is 0 Å². The van der Waals surface area contributed by atoms with Gasteiger partial charge in [0.2, 0.25) is 10.0 Å². The first-order valence-corrected chi connectivity index (χ1v) is 10.7. The third-order valence-corrected chi connectivity index (χ3v) is 5.70. The summed E-state index contributed by atoms with van der Waals surface area (Å²) >= 11 is 0. The fraction of sp³-hybridized carbons (Fsp3) is 0.250. The van der Waals surface area contributed by atoms with E-state index < -0.39 is 20.0 Å². The molecule has 3 N–H and O–H groups in total. The Balaban J connectivity index is 2.31. The van der Waals surface area contributed by atoms with E-state index in [2.05, 4.69) is 4.72 Å². The molecule has 2 rings (SSSR count). The zero-order valence-electron chi connectivity index (χ0n) is 14.7. The maximum Gasteiger partial charge on any atom is 0.261 e. The van der Waals surface area contributed by atoms with Gasteiger partial charge in [-0.25, -0.2) is 22.0 Å². The van der Waals surface area contributed by atoms with Gasteiger partial charge >= 0.3 is 0 Å². The molecule has 0 aliphatic rings. The minimum Gasteiger partial charge on any atom is -0.493 e. The standard InChI is InChI=1S/C16H20N2O7S2/c1-23-8-9-25-16-10-12(6-7-15(16)24-2)18-27(21,22)14-5-3-4-13(11-14)26(17,19)20/h3-7,10-11,18H,8-9H2,1-2H3,(H2,17,19,20). The van der Waals surface area contributed by atoms with Crippen LogP contribution in [-0.4, -0.2) is 44.3 Å². The number of hydrogen-bond acceptors (Lipinski definition) is 7. The van der Waals surface area contributed by atoms with Crippen LogP contribution in [-0.2, 0) is 24.8 Å². The van der Waals surface area contributed by atoms with Crippen molar-refractivity contribution in [2.24, 2.45) is 5.14 Å². The van der Waals surface area contributed by atoms with Crippen LogP contribution in [0.5, 0.6) is 11.5 Å². The Morgan fingerprint density at radius 3 is 2.26 bits per heavy atom. The fourth-order valence-corrected chi connectivity index (χ4v) is 3.85. The summed E-state index contributed by atoms with van der Waals surface area (Å²) < 4.78 is 66.0. The molecule has 0 aliphatic carbocycles. The van der Waals surface area contributed by atoms with Crippen molar-refractivity contribution in [3.8, 4) is 11.5 Å². The summed E-state index contributed by atoms with van der Waals surface area (Å²) in [5.74, 6) is 0.748. The number of ether oxygens (including phenoxy) is 3. The molecule has 11 heteroatoms. The van der Waals surface area contributed by atoms with E-state index >= 15 is 0 Å². The number of hydrogen-bond donors (Lipinski definition) is 2. The Morgan fingerprint density at radius 2 is 1.63 bits per heavy atom. The van der Waals surface area contributed by atoms with Gasteiger partial charge in [0.1, 0.15) is 6.61 Å².